The summed E-state index contributed by atoms with van der Waals surface area (Å²) >= 11 is 12.5. The molecule has 1 N–H and O–H groups in total. The number of hydrogen-bond acceptors (Lipinski definition) is 4. The van der Waals surface area contributed by atoms with Crippen LogP contribution in [0, 0.1) is 6.92 Å². The van der Waals surface area contributed by atoms with Crippen molar-refractivity contribution < 1.29 is 18.0 Å². The lowest BCUT2D eigenvalue weighted by Crippen LogP contribution is -2.52. The molecule has 0 spiro atoms. The summed E-state index contributed by atoms with van der Waals surface area (Å²) in [6, 6.07) is 17.5. The number of para-hydroxylation sites is 1. The number of sulfonamides is 1. The van der Waals surface area contributed by atoms with E-state index in [0.717, 1.165) is 15.4 Å². The largest absolute Gasteiger partial charge is 0.352 e. The number of rotatable bonds is 12. The summed E-state index contributed by atoms with van der Waals surface area (Å²) in [6.45, 7) is 8.72. The van der Waals surface area contributed by atoms with Crippen molar-refractivity contribution in [1.29, 1.82) is 0 Å². The van der Waals surface area contributed by atoms with E-state index in [2.05, 4.69) is 5.32 Å². The minimum Gasteiger partial charge on any atom is -0.352 e. The predicted octanol–water partition coefficient (Wildman–Crippen LogP) is 6.39. The molecule has 3 aromatic carbocycles. The van der Waals surface area contributed by atoms with E-state index >= 15 is 0 Å². The minimum absolute atomic E-state index is 0.0161. The number of carbonyl (C=O) groups is 2. The van der Waals surface area contributed by atoms with Crippen LogP contribution in [0.4, 0.5) is 5.69 Å². The molecule has 2 atom stereocenters. The van der Waals surface area contributed by atoms with Gasteiger partial charge in [0.05, 0.1) is 10.6 Å². The van der Waals surface area contributed by atoms with Crippen LogP contribution >= 0.6 is 23.2 Å². The fourth-order valence-corrected chi connectivity index (χ4v) is 6.21. The van der Waals surface area contributed by atoms with Gasteiger partial charge >= 0.3 is 0 Å². The Labute approximate surface area is 253 Å². The SMILES string of the molecule is CCc1ccccc1N(CC(=O)N(Cc1ccc(Cl)cc1Cl)[C@@H](C)C(=O)N[C@@H](C)CC)S(=O)(=O)c1ccc(C)cc1. The average molecular weight is 619 g/mol. The summed E-state index contributed by atoms with van der Waals surface area (Å²) in [5.74, 6) is -0.899. The van der Waals surface area contributed by atoms with Gasteiger partial charge in [0.15, 0.2) is 0 Å². The molecule has 0 heterocycles. The highest BCUT2D eigenvalue weighted by Gasteiger charge is 2.33. The zero-order valence-corrected chi connectivity index (χ0v) is 26.4. The van der Waals surface area contributed by atoms with Crippen LogP contribution in [0.15, 0.2) is 71.6 Å². The number of nitrogens with zero attached hydrogens (tertiary/aromatic N) is 2. The molecule has 0 fully saturated rings. The Kier molecular flexibility index (Phi) is 11.2. The van der Waals surface area contributed by atoms with Crippen molar-refractivity contribution in [2.45, 2.75) is 71.0 Å². The summed E-state index contributed by atoms with van der Waals surface area (Å²) in [7, 11) is -4.15. The molecule has 0 bridgehead atoms. The third-order valence-electron chi connectivity index (χ3n) is 7.05. The lowest BCUT2D eigenvalue weighted by Gasteiger charge is -2.33. The average Bonchev–Trinajstić information content (AvgIpc) is 2.95. The fraction of sp³-hybridized carbons (Fsp3) is 0.355. The smallest absolute Gasteiger partial charge is 0.264 e. The number of benzene rings is 3. The number of anilines is 1. The maximum atomic E-state index is 14.1. The molecule has 0 saturated carbocycles. The van der Waals surface area contributed by atoms with Gasteiger partial charge in [0.25, 0.3) is 10.0 Å². The molecule has 0 saturated heterocycles. The van der Waals surface area contributed by atoms with E-state index < -0.39 is 28.5 Å². The summed E-state index contributed by atoms with van der Waals surface area (Å²) in [6.07, 6.45) is 1.27. The van der Waals surface area contributed by atoms with Crippen LogP contribution in [0.3, 0.4) is 0 Å². The van der Waals surface area contributed by atoms with Gasteiger partial charge < -0.3 is 10.2 Å². The van der Waals surface area contributed by atoms with E-state index in [0.29, 0.717) is 34.1 Å². The van der Waals surface area contributed by atoms with Crippen LogP contribution in [-0.4, -0.2) is 43.8 Å². The molecule has 41 heavy (non-hydrogen) atoms. The van der Waals surface area contributed by atoms with Crippen molar-refractivity contribution in [3.8, 4) is 0 Å². The number of nitrogens with one attached hydrogen (secondary N) is 1. The number of hydrogen-bond donors (Lipinski definition) is 1. The van der Waals surface area contributed by atoms with Gasteiger partial charge in [0, 0.05) is 22.6 Å². The minimum atomic E-state index is -4.15. The third kappa shape index (κ3) is 8.03. The summed E-state index contributed by atoms with van der Waals surface area (Å²) in [4.78, 5) is 28.7. The fourth-order valence-electron chi connectivity index (χ4n) is 4.29. The zero-order valence-electron chi connectivity index (χ0n) is 24.0. The van der Waals surface area contributed by atoms with E-state index in [1.54, 1.807) is 49.4 Å². The van der Waals surface area contributed by atoms with Gasteiger partial charge in [-0.1, -0.05) is 79.0 Å². The van der Waals surface area contributed by atoms with E-state index in [4.69, 9.17) is 23.2 Å². The van der Waals surface area contributed by atoms with Crippen molar-refractivity contribution in [2.24, 2.45) is 0 Å². The van der Waals surface area contributed by atoms with E-state index in [1.165, 1.54) is 17.0 Å². The first-order chi connectivity index (χ1) is 19.4. The zero-order chi connectivity index (χ0) is 30.3. The molecule has 0 aliphatic rings. The normalized spacial score (nSPS) is 12.9. The number of amides is 2. The van der Waals surface area contributed by atoms with Crippen LogP contribution in [0.2, 0.25) is 10.0 Å². The van der Waals surface area contributed by atoms with Crippen LogP contribution in [0.5, 0.6) is 0 Å². The third-order valence-corrected chi connectivity index (χ3v) is 9.41. The first-order valence-electron chi connectivity index (χ1n) is 13.6. The van der Waals surface area contributed by atoms with Gasteiger partial charge in [-0.25, -0.2) is 8.42 Å². The van der Waals surface area contributed by atoms with Gasteiger partial charge in [0.2, 0.25) is 11.8 Å². The van der Waals surface area contributed by atoms with Crippen molar-refractivity contribution in [1.82, 2.24) is 10.2 Å². The van der Waals surface area contributed by atoms with Gasteiger partial charge in [-0.3, -0.25) is 13.9 Å². The summed E-state index contributed by atoms with van der Waals surface area (Å²) in [5, 5.41) is 3.69. The van der Waals surface area contributed by atoms with Gasteiger partial charge in [0.1, 0.15) is 12.6 Å². The van der Waals surface area contributed by atoms with Crippen molar-refractivity contribution in [3.63, 3.8) is 0 Å². The highest BCUT2D eigenvalue weighted by molar-refractivity contribution is 7.92. The van der Waals surface area contributed by atoms with E-state index in [1.807, 2.05) is 39.8 Å². The maximum absolute atomic E-state index is 14.1. The van der Waals surface area contributed by atoms with Crippen LogP contribution in [0.1, 0.15) is 50.8 Å². The predicted molar refractivity (Wildman–Crippen MR) is 166 cm³/mol. The molecule has 7 nitrogen and oxygen atoms in total. The van der Waals surface area contributed by atoms with Crippen molar-refractivity contribution >= 4 is 50.7 Å². The molecule has 220 valence electrons. The molecular weight excluding hydrogens is 581 g/mol. The molecule has 0 aliphatic heterocycles. The van der Waals surface area contributed by atoms with Gasteiger partial charge in [-0.2, -0.15) is 0 Å². The Bertz CT molecular complexity index is 1480. The molecule has 3 rings (SSSR count). The van der Waals surface area contributed by atoms with E-state index in [-0.39, 0.29) is 23.4 Å². The Balaban J connectivity index is 2.08. The Morgan fingerprint density at radius 2 is 1.59 bits per heavy atom. The second kappa shape index (κ2) is 14.2. The first kappa shape index (κ1) is 32.4. The van der Waals surface area contributed by atoms with Crippen LogP contribution in [0.25, 0.3) is 0 Å². The molecule has 3 aromatic rings. The molecule has 0 aromatic heterocycles. The summed E-state index contributed by atoms with van der Waals surface area (Å²) < 4.78 is 29.2. The van der Waals surface area contributed by atoms with Crippen molar-refractivity contribution in [3.05, 3.63) is 93.5 Å². The molecular formula is C31H37Cl2N3O4S. The van der Waals surface area contributed by atoms with Gasteiger partial charge in [-0.15, -0.1) is 0 Å². The maximum Gasteiger partial charge on any atom is 0.264 e. The van der Waals surface area contributed by atoms with Crippen LogP contribution < -0.4 is 9.62 Å². The molecule has 0 aliphatic carbocycles. The molecule has 2 amide bonds. The topological polar surface area (TPSA) is 86.8 Å². The second-order valence-corrected chi connectivity index (χ2v) is 12.8. The van der Waals surface area contributed by atoms with E-state index in [9.17, 15) is 18.0 Å². The van der Waals surface area contributed by atoms with Gasteiger partial charge in [-0.05, 0) is 75.1 Å². The first-order valence-corrected chi connectivity index (χ1v) is 15.8. The standard InChI is InChI=1S/C31H37Cl2N3O4S/c1-6-22(4)34-31(38)23(5)35(19-25-14-15-26(32)18-28(25)33)30(37)20-36(29-11-9-8-10-24(29)7-2)41(39,40)27-16-12-21(3)13-17-27/h8-18,22-23H,6-7,19-20H2,1-5H3,(H,34,38)/t22-,23-/m0/s1. The number of halogens is 2. The number of aryl methyl sites for hydroxylation is 2. The quantitative estimate of drug-likeness (QED) is 0.255. The Morgan fingerprint density at radius 3 is 2.20 bits per heavy atom. The lowest BCUT2D eigenvalue weighted by molar-refractivity contribution is -0.139. The Morgan fingerprint density at radius 1 is 0.927 bits per heavy atom. The highest BCUT2D eigenvalue weighted by atomic mass is 35.5. The second-order valence-electron chi connectivity index (χ2n) is 10.1. The lowest BCUT2D eigenvalue weighted by atomic mass is 10.1. The molecule has 0 unspecified atom stereocenters. The van der Waals surface area contributed by atoms with Crippen molar-refractivity contribution in [2.75, 3.05) is 10.8 Å². The monoisotopic (exact) mass is 617 g/mol. The Hall–Kier alpha value is -3.07. The molecule has 10 heteroatoms. The summed E-state index contributed by atoms with van der Waals surface area (Å²) in [5.41, 5.74) is 2.66. The van der Waals surface area contributed by atoms with Crippen LogP contribution in [-0.2, 0) is 32.6 Å². The number of carbonyl (C=O) groups excluding carboxylic acids is 2. The highest BCUT2D eigenvalue weighted by Crippen LogP contribution is 2.29. The molecule has 0 radical (unpaired) electrons.